The minimum absolute atomic E-state index is 0.114. The largest absolute Gasteiger partial charge is 0.459 e. The predicted octanol–water partition coefficient (Wildman–Crippen LogP) is 2.18. The fraction of sp³-hybridized carbons (Fsp3) is 0.348. The highest BCUT2D eigenvalue weighted by atomic mass is 16.6. The van der Waals surface area contributed by atoms with Crippen LogP contribution in [0.15, 0.2) is 59.3 Å². The molecule has 1 amide bonds. The van der Waals surface area contributed by atoms with Gasteiger partial charge in [-0.25, -0.2) is 9.97 Å². The summed E-state index contributed by atoms with van der Waals surface area (Å²) in [5.74, 6) is 0.505. The van der Waals surface area contributed by atoms with Gasteiger partial charge in [0.05, 0.1) is 37.3 Å². The molecule has 0 spiro atoms. The summed E-state index contributed by atoms with van der Waals surface area (Å²) in [6.45, 7) is 0.812. The normalized spacial score (nSPS) is 24.2. The van der Waals surface area contributed by atoms with Crippen molar-refractivity contribution >= 4 is 17.5 Å². The molecule has 0 radical (unpaired) electrons. The second kappa shape index (κ2) is 8.60. The minimum Gasteiger partial charge on any atom is -0.459 e. The van der Waals surface area contributed by atoms with Crippen LogP contribution in [0.25, 0.3) is 11.3 Å². The summed E-state index contributed by atoms with van der Waals surface area (Å²) in [6, 6.07) is 13.0. The molecule has 1 aromatic carbocycles. The number of carbonyl (C=O) groups excluding carboxylic acids is 1. The van der Waals surface area contributed by atoms with E-state index in [9.17, 15) is 4.79 Å². The van der Waals surface area contributed by atoms with Gasteiger partial charge in [0.2, 0.25) is 5.95 Å². The van der Waals surface area contributed by atoms with Crippen molar-refractivity contribution in [2.75, 3.05) is 37.5 Å². The number of hydrogen-bond acceptors (Lipinski definition) is 8. The van der Waals surface area contributed by atoms with Crippen LogP contribution in [0.1, 0.15) is 10.6 Å². The second-order valence-corrected chi connectivity index (χ2v) is 8.11. The van der Waals surface area contributed by atoms with Gasteiger partial charge in [-0.3, -0.25) is 4.79 Å². The molecule has 0 bridgehead atoms. The molecule has 9 nitrogen and oxygen atoms in total. The van der Waals surface area contributed by atoms with Gasteiger partial charge in [0.1, 0.15) is 12.2 Å². The van der Waals surface area contributed by atoms with Crippen molar-refractivity contribution in [2.45, 2.75) is 24.3 Å². The van der Waals surface area contributed by atoms with Crippen molar-refractivity contribution in [1.29, 1.82) is 0 Å². The summed E-state index contributed by atoms with van der Waals surface area (Å²) in [4.78, 5) is 23.4. The van der Waals surface area contributed by atoms with Gasteiger partial charge in [-0.05, 0) is 30.3 Å². The third-order valence-electron chi connectivity index (χ3n) is 5.76. The quantitative estimate of drug-likeness (QED) is 0.608. The highest BCUT2D eigenvalue weighted by Gasteiger charge is 2.48. The molecule has 2 aliphatic heterocycles. The van der Waals surface area contributed by atoms with Gasteiger partial charge in [-0.2, -0.15) is 0 Å². The van der Waals surface area contributed by atoms with Crippen LogP contribution in [0.5, 0.6) is 0 Å². The summed E-state index contributed by atoms with van der Waals surface area (Å²) < 4.78 is 17.1. The molecule has 0 saturated carbocycles. The Morgan fingerprint density at radius 1 is 1.03 bits per heavy atom. The lowest BCUT2D eigenvalue weighted by Gasteiger charge is -2.18. The molecule has 2 fully saturated rings. The summed E-state index contributed by atoms with van der Waals surface area (Å²) in [7, 11) is 4.02. The summed E-state index contributed by atoms with van der Waals surface area (Å²) in [5, 5.41) is 6.28. The van der Waals surface area contributed by atoms with E-state index in [-0.39, 0.29) is 36.0 Å². The lowest BCUT2D eigenvalue weighted by atomic mass is 10.1. The standard InChI is InChI=1S/C23H25N5O4/c1-28(2)15-7-5-14(6-8-15)16-9-10-24-23(26-16)27-18-13-32-20-17(12-31-21(18)20)25-22(29)19-4-3-11-30-19/h3-11,17-18,20-21H,12-13H2,1-2H3,(H,25,29)(H,24,26,27)/t17-,18-,20+,21+/m0/s1. The Labute approximate surface area is 185 Å². The molecule has 5 rings (SSSR count). The van der Waals surface area contributed by atoms with E-state index in [4.69, 9.17) is 13.9 Å². The average molecular weight is 435 g/mol. The SMILES string of the molecule is CN(C)c1ccc(-c2ccnc(N[C@H]3CO[C@H]4[C@@H]3OC[C@@H]4NC(=O)c3ccco3)n2)cc1. The first-order valence-electron chi connectivity index (χ1n) is 10.5. The van der Waals surface area contributed by atoms with Crippen LogP contribution in [0, 0.1) is 0 Å². The first-order valence-corrected chi connectivity index (χ1v) is 10.5. The van der Waals surface area contributed by atoms with E-state index in [1.807, 2.05) is 32.3 Å². The van der Waals surface area contributed by atoms with Crippen molar-refractivity contribution in [1.82, 2.24) is 15.3 Å². The first-order chi connectivity index (χ1) is 15.6. The van der Waals surface area contributed by atoms with E-state index in [2.05, 4.69) is 37.6 Å². The Morgan fingerprint density at radius 2 is 1.78 bits per heavy atom. The van der Waals surface area contributed by atoms with Crippen LogP contribution in [0.4, 0.5) is 11.6 Å². The molecule has 2 saturated heterocycles. The first kappa shape index (κ1) is 20.5. The molecule has 2 aliphatic rings. The number of rotatable bonds is 6. The maximum Gasteiger partial charge on any atom is 0.287 e. The summed E-state index contributed by atoms with van der Waals surface area (Å²) in [5.41, 5.74) is 2.97. The molecule has 2 aromatic heterocycles. The lowest BCUT2D eigenvalue weighted by molar-refractivity contribution is 0.0646. The minimum atomic E-state index is -0.277. The molecule has 2 N–H and O–H groups in total. The van der Waals surface area contributed by atoms with Gasteiger partial charge < -0.3 is 29.4 Å². The van der Waals surface area contributed by atoms with Crippen LogP contribution < -0.4 is 15.5 Å². The molecule has 4 heterocycles. The van der Waals surface area contributed by atoms with Crippen LogP contribution in [-0.2, 0) is 9.47 Å². The molecular weight excluding hydrogens is 410 g/mol. The van der Waals surface area contributed by atoms with E-state index >= 15 is 0 Å². The van der Waals surface area contributed by atoms with Crippen LogP contribution in [-0.4, -0.2) is 67.5 Å². The smallest absolute Gasteiger partial charge is 0.287 e. The molecule has 32 heavy (non-hydrogen) atoms. The molecule has 0 aliphatic carbocycles. The van der Waals surface area contributed by atoms with E-state index in [1.54, 1.807) is 18.3 Å². The van der Waals surface area contributed by atoms with Gasteiger partial charge in [0.15, 0.2) is 5.76 Å². The van der Waals surface area contributed by atoms with Crippen molar-refractivity contribution in [2.24, 2.45) is 0 Å². The number of carbonyl (C=O) groups is 1. The third kappa shape index (κ3) is 4.04. The number of ether oxygens (including phenoxy) is 2. The van der Waals surface area contributed by atoms with E-state index in [0.29, 0.717) is 19.2 Å². The molecular formula is C23H25N5O4. The zero-order valence-corrected chi connectivity index (χ0v) is 17.9. The Bertz CT molecular complexity index is 1070. The van der Waals surface area contributed by atoms with E-state index < -0.39 is 0 Å². The Kier molecular flexibility index (Phi) is 5.50. The zero-order valence-electron chi connectivity index (χ0n) is 17.9. The number of anilines is 2. The van der Waals surface area contributed by atoms with Crippen LogP contribution in [0.3, 0.4) is 0 Å². The number of amides is 1. The summed E-state index contributed by atoms with van der Waals surface area (Å²) in [6.07, 6.45) is 2.76. The predicted molar refractivity (Wildman–Crippen MR) is 119 cm³/mol. The van der Waals surface area contributed by atoms with Crippen LogP contribution in [0.2, 0.25) is 0 Å². The fourth-order valence-corrected chi connectivity index (χ4v) is 4.08. The van der Waals surface area contributed by atoms with Crippen LogP contribution >= 0.6 is 0 Å². The van der Waals surface area contributed by atoms with Crippen molar-refractivity contribution in [3.63, 3.8) is 0 Å². The van der Waals surface area contributed by atoms with Crippen molar-refractivity contribution in [3.8, 4) is 11.3 Å². The fourth-order valence-electron chi connectivity index (χ4n) is 4.08. The van der Waals surface area contributed by atoms with Crippen molar-refractivity contribution in [3.05, 3.63) is 60.7 Å². The number of benzene rings is 1. The number of nitrogens with zero attached hydrogens (tertiary/aromatic N) is 3. The maximum absolute atomic E-state index is 12.3. The topological polar surface area (TPSA) is 102 Å². The lowest BCUT2D eigenvalue weighted by Crippen LogP contribution is -2.44. The number of nitrogens with one attached hydrogen (secondary N) is 2. The van der Waals surface area contributed by atoms with Gasteiger partial charge >= 0.3 is 0 Å². The highest BCUT2D eigenvalue weighted by Crippen LogP contribution is 2.29. The molecule has 4 atom stereocenters. The monoisotopic (exact) mass is 435 g/mol. The van der Waals surface area contributed by atoms with E-state index in [1.165, 1.54) is 6.26 Å². The Hall–Kier alpha value is -3.43. The molecule has 9 heteroatoms. The summed E-state index contributed by atoms with van der Waals surface area (Å²) >= 11 is 0. The van der Waals surface area contributed by atoms with Crippen molar-refractivity contribution < 1.29 is 18.7 Å². The third-order valence-corrected chi connectivity index (χ3v) is 5.76. The highest BCUT2D eigenvalue weighted by molar-refractivity contribution is 5.91. The van der Waals surface area contributed by atoms with Gasteiger partial charge in [0.25, 0.3) is 5.91 Å². The number of furan rings is 1. The number of hydrogen-bond donors (Lipinski definition) is 2. The van der Waals surface area contributed by atoms with Gasteiger partial charge in [-0.15, -0.1) is 0 Å². The average Bonchev–Trinajstić information content (AvgIpc) is 3.55. The van der Waals surface area contributed by atoms with E-state index in [0.717, 1.165) is 16.9 Å². The Morgan fingerprint density at radius 3 is 2.50 bits per heavy atom. The molecule has 0 unspecified atom stereocenters. The molecule has 166 valence electrons. The Balaban J connectivity index is 1.24. The maximum atomic E-state index is 12.3. The second-order valence-electron chi connectivity index (χ2n) is 8.11. The van der Waals surface area contributed by atoms with Gasteiger partial charge in [0, 0.05) is 31.5 Å². The number of aromatic nitrogens is 2. The van der Waals surface area contributed by atoms with Gasteiger partial charge in [-0.1, -0.05) is 12.1 Å². The zero-order chi connectivity index (χ0) is 22.1. The number of fused-ring (bicyclic) bond motifs is 1. The molecule has 3 aromatic rings.